The lowest BCUT2D eigenvalue weighted by atomic mass is 9.90. The topological polar surface area (TPSA) is 58.6 Å². The third-order valence-electron chi connectivity index (χ3n) is 4.20. The number of amides is 3. The van der Waals surface area contributed by atoms with Gasteiger partial charge >= 0.3 is 6.03 Å². The Morgan fingerprint density at radius 1 is 1.20 bits per heavy atom. The van der Waals surface area contributed by atoms with E-state index in [2.05, 4.69) is 5.32 Å². The molecule has 1 spiro atoms. The first-order chi connectivity index (χ1) is 9.65. The first-order valence-corrected chi connectivity index (χ1v) is 6.93. The highest BCUT2D eigenvalue weighted by Crippen LogP contribution is 2.38. The predicted molar refractivity (Wildman–Crippen MR) is 74.8 cm³/mol. The third-order valence-corrected chi connectivity index (χ3v) is 4.20. The zero-order valence-electron chi connectivity index (χ0n) is 11.5. The number of imide groups is 1. The van der Waals surface area contributed by atoms with Crippen molar-refractivity contribution < 1.29 is 14.3 Å². The molecule has 0 bridgehead atoms. The molecule has 106 valence electrons. The van der Waals surface area contributed by atoms with E-state index < -0.39 is 0 Å². The average molecular weight is 274 g/mol. The van der Waals surface area contributed by atoms with Gasteiger partial charge in [0, 0.05) is 0 Å². The van der Waals surface area contributed by atoms with Crippen molar-refractivity contribution in [3.8, 4) is 5.75 Å². The van der Waals surface area contributed by atoms with E-state index in [9.17, 15) is 9.59 Å². The molecule has 5 nitrogen and oxygen atoms in total. The van der Waals surface area contributed by atoms with Gasteiger partial charge in [0.25, 0.3) is 0 Å². The summed E-state index contributed by atoms with van der Waals surface area (Å²) in [5, 5.41) is 3.03. The van der Waals surface area contributed by atoms with Crippen molar-refractivity contribution in [3.63, 3.8) is 0 Å². The number of methoxy groups -OCH3 is 1. The first-order valence-electron chi connectivity index (χ1n) is 6.93. The summed E-state index contributed by atoms with van der Waals surface area (Å²) in [4.78, 5) is 26.0. The maximum Gasteiger partial charge on any atom is 0.329 e. The Morgan fingerprint density at radius 3 is 2.55 bits per heavy atom. The molecule has 1 N–H and O–H groups in total. The van der Waals surface area contributed by atoms with Crippen LogP contribution in [0.5, 0.6) is 5.75 Å². The van der Waals surface area contributed by atoms with Gasteiger partial charge in [-0.15, -0.1) is 0 Å². The van der Waals surface area contributed by atoms with Crippen molar-refractivity contribution in [2.75, 3.05) is 12.0 Å². The van der Waals surface area contributed by atoms with Crippen molar-refractivity contribution in [3.05, 3.63) is 24.3 Å². The molecule has 1 aromatic rings. The van der Waals surface area contributed by atoms with Gasteiger partial charge in [0.05, 0.1) is 24.8 Å². The Kier molecular flexibility index (Phi) is 3.12. The van der Waals surface area contributed by atoms with Crippen LogP contribution in [0.2, 0.25) is 0 Å². The Labute approximate surface area is 117 Å². The second-order valence-electron chi connectivity index (χ2n) is 5.50. The van der Waals surface area contributed by atoms with Crippen LogP contribution < -0.4 is 15.0 Å². The first kappa shape index (κ1) is 13.0. The van der Waals surface area contributed by atoms with Gasteiger partial charge < -0.3 is 10.1 Å². The molecule has 0 aromatic heterocycles. The van der Waals surface area contributed by atoms with Crippen molar-refractivity contribution in [1.82, 2.24) is 5.32 Å². The quantitative estimate of drug-likeness (QED) is 0.901. The van der Waals surface area contributed by atoms with Gasteiger partial charge in [-0.05, 0) is 25.0 Å². The smallest absolute Gasteiger partial charge is 0.329 e. The summed E-state index contributed by atoms with van der Waals surface area (Å²) in [5.74, 6) is 0.374. The van der Waals surface area contributed by atoms with E-state index >= 15 is 0 Å². The Balaban J connectivity index is 1.92. The molecule has 1 heterocycles. The van der Waals surface area contributed by atoms with Gasteiger partial charge in [-0.3, -0.25) is 4.79 Å². The standard InChI is InChI=1S/C15H18N2O3/c1-20-12-7-3-2-6-11(12)17-13(18)10-15(16-14(17)19)8-4-5-9-15/h2-3,6-7H,4-5,8-10H2,1H3,(H,16,19). The second-order valence-corrected chi connectivity index (χ2v) is 5.50. The van der Waals surface area contributed by atoms with E-state index in [4.69, 9.17) is 4.74 Å². The lowest BCUT2D eigenvalue weighted by Crippen LogP contribution is -2.61. The van der Waals surface area contributed by atoms with Crippen LogP contribution in [0.15, 0.2) is 24.3 Å². The van der Waals surface area contributed by atoms with Crippen LogP contribution in [0.1, 0.15) is 32.1 Å². The summed E-state index contributed by atoms with van der Waals surface area (Å²) in [7, 11) is 1.53. The highest BCUT2D eigenvalue weighted by Gasteiger charge is 2.45. The number of rotatable bonds is 2. The van der Waals surface area contributed by atoms with Crippen LogP contribution in [-0.2, 0) is 4.79 Å². The maximum absolute atomic E-state index is 12.4. The Bertz CT molecular complexity index is 530. The summed E-state index contributed by atoms with van der Waals surface area (Å²) >= 11 is 0. The molecule has 0 atom stereocenters. The Morgan fingerprint density at radius 2 is 1.90 bits per heavy atom. The molecule has 20 heavy (non-hydrogen) atoms. The van der Waals surface area contributed by atoms with Gasteiger partial charge in [-0.2, -0.15) is 0 Å². The fourth-order valence-corrected chi connectivity index (χ4v) is 3.22. The van der Waals surface area contributed by atoms with E-state index in [1.165, 1.54) is 12.0 Å². The fourth-order valence-electron chi connectivity index (χ4n) is 3.22. The maximum atomic E-state index is 12.4. The summed E-state index contributed by atoms with van der Waals surface area (Å²) in [6.45, 7) is 0. The fraction of sp³-hybridized carbons (Fsp3) is 0.467. The molecule has 3 rings (SSSR count). The van der Waals surface area contributed by atoms with E-state index in [1.54, 1.807) is 18.2 Å². The molecular weight excluding hydrogens is 256 g/mol. The minimum atomic E-state index is -0.340. The average Bonchev–Trinajstić information content (AvgIpc) is 2.86. The van der Waals surface area contributed by atoms with Gasteiger partial charge in [0.15, 0.2) is 0 Å². The molecule has 1 aliphatic carbocycles. The third kappa shape index (κ3) is 2.03. The SMILES string of the molecule is COc1ccccc1N1C(=O)CC2(CCCC2)NC1=O. The number of hydrogen-bond acceptors (Lipinski definition) is 3. The number of carbonyl (C=O) groups excluding carboxylic acids is 2. The van der Waals surface area contributed by atoms with Gasteiger partial charge in [0.1, 0.15) is 5.75 Å². The van der Waals surface area contributed by atoms with E-state index in [0.717, 1.165) is 25.7 Å². The van der Waals surface area contributed by atoms with Crippen molar-refractivity contribution in [2.45, 2.75) is 37.6 Å². The zero-order chi connectivity index (χ0) is 14.2. The summed E-state index contributed by atoms with van der Waals surface area (Å²) in [6, 6.07) is 6.73. The molecule has 2 fully saturated rings. The highest BCUT2D eigenvalue weighted by molar-refractivity contribution is 6.17. The number of nitrogens with zero attached hydrogens (tertiary/aromatic N) is 1. The molecule has 1 aromatic carbocycles. The van der Waals surface area contributed by atoms with Crippen LogP contribution in [-0.4, -0.2) is 24.6 Å². The second kappa shape index (κ2) is 4.81. The number of anilines is 1. The molecule has 1 saturated carbocycles. The number of benzene rings is 1. The number of urea groups is 1. The van der Waals surface area contributed by atoms with Crippen molar-refractivity contribution in [1.29, 1.82) is 0 Å². The van der Waals surface area contributed by atoms with Crippen LogP contribution >= 0.6 is 0 Å². The van der Waals surface area contributed by atoms with Gasteiger partial charge in [-0.25, -0.2) is 9.69 Å². The number of para-hydroxylation sites is 2. The van der Waals surface area contributed by atoms with Gasteiger partial charge in [0.2, 0.25) is 5.91 Å². The van der Waals surface area contributed by atoms with E-state index in [0.29, 0.717) is 17.9 Å². The largest absolute Gasteiger partial charge is 0.495 e. The molecule has 1 saturated heterocycles. The number of nitrogens with one attached hydrogen (secondary N) is 1. The van der Waals surface area contributed by atoms with Crippen molar-refractivity contribution >= 4 is 17.6 Å². The number of ether oxygens (including phenoxy) is 1. The van der Waals surface area contributed by atoms with Crippen LogP contribution in [0, 0.1) is 0 Å². The monoisotopic (exact) mass is 274 g/mol. The normalized spacial score (nSPS) is 21.1. The highest BCUT2D eigenvalue weighted by atomic mass is 16.5. The van der Waals surface area contributed by atoms with Crippen LogP contribution in [0.25, 0.3) is 0 Å². The zero-order valence-corrected chi connectivity index (χ0v) is 11.5. The summed E-state index contributed by atoms with van der Waals surface area (Å²) < 4.78 is 5.24. The lowest BCUT2D eigenvalue weighted by molar-refractivity contribution is -0.120. The molecule has 0 unspecified atom stereocenters. The number of hydrogen-bond donors (Lipinski definition) is 1. The summed E-state index contributed by atoms with van der Waals surface area (Å²) in [5.41, 5.74) is 0.192. The molecular formula is C15H18N2O3. The van der Waals surface area contributed by atoms with Crippen LogP contribution in [0.4, 0.5) is 10.5 Å². The summed E-state index contributed by atoms with van der Waals surface area (Å²) in [6.07, 6.45) is 4.30. The molecule has 0 radical (unpaired) electrons. The van der Waals surface area contributed by atoms with Crippen molar-refractivity contribution in [2.24, 2.45) is 0 Å². The minimum Gasteiger partial charge on any atom is -0.495 e. The minimum absolute atomic E-state index is 0.153. The van der Waals surface area contributed by atoms with Crippen LogP contribution in [0.3, 0.4) is 0 Å². The molecule has 5 heteroatoms. The van der Waals surface area contributed by atoms with Gasteiger partial charge in [-0.1, -0.05) is 25.0 Å². The molecule has 2 aliphatic rings. The van der Waals surface area contributed by atoms with E-state index in [-0.39, 0.29) is 17.5 Å². The Hall–Kier alpha value is -2.04. The number of carbonyl (C=O) groups is 2. The van der Waals surface area contributed by atoms with E-state index in [1.807, 2.05) is 6.07 Å². The lowest BCUT2D eigenvalue weighted by Gasteiger charge is -2.38. The molecule has 3 amide bonds. The molecule has 1 aliphatic heterocycles. The predicted octanol–water partition coefficient (Wildman–Crippen LogP) is 2.45.